The molecule has 0 spiro atoms. The van der Waals surface area contributed by atoms with Gasteiger partial charge in [0.2, 0.25) is 5.78 Å². The number of allylic oxidation sites excluding steroid dienone is 1. The Bertz CT molecular complexity index is 612. The number of aromatic nitrogens is 1. The van der Waals surface area contributed by atoms with Gasteiger partial charge in [-0.25, -0.2) is 9.59 Å². The number of hydrogen-bond acceptors (Lipinski definition) is 5. The van der Waals surface area contributed by atoms with Gasteiger partial charge in [0, 0.05) is 11.8 Å². The van der Waals surface area contributed by atoms with Crippen molar-refractivity contribution >= 4 is 17.7 Å². The van der Waals surface area contributed by atoms with Gasteiger partial charge in [0.1, 0.15) is 0 Å². The van der Waals surface area contributed by atoms with Crippen LogP contribution >= 0.6 is 0 Å². The molecule has 6 heteroatoms. The maximum absolute atomic E-state index is 12.4. The molecule has 0 saturated heterocycles. The highest BCUT2D eigenvalue weighted by molar-refractivity contribution is 6.04. The summed E-state index contributed by atoms with van der Waals surface area (Å²) in [4.78, 5) is 38.5. The summed E-state index contributed by atoms with van der Waals surface area (Å²) in [6, 6.07) is 0. The Hall–Kier alpha value is -2.37. The number of carbonyl (C=O) groups excluding carboxylic acids is 3. The molecule has 120 valence electrons. The van der Waals surface area contributed by atoms with Crippen LogP contribution < -0.4 is 0 Å². The van der Waals surface area contributed by atoms with Crippen molar-refractivity contribution < 1.29 is 23.9 Å². The van der Waals surface area contributed by atoms with Crippen molar-refractivity contribution in [1.29, 1.82) is 0 Å². The number of rotatable bonds is 6. The van der Waals surface area contributed by atoms with Gasteiger partial charge < -0.3 is 14.5 Å². The van der Waals surface area contributed by atoms with E-state index in [-0.39, 0.29) is 12.3 Å². The first-order valence-corrected chi connectivity index (χ1v) is 7.07. The molecule has 6 nitrogen and oxygen atoms in total. The molecule has 1 N–H and O–H groups in total. The van der Waals surface area contributed by atoms with Crippen molar-refractivity contribution in [2.45, 2.75) is 40.7 Å². The maximum atomic E-state index is 12.4. The minimum Gasteiger partial charge on any atom is -0.462 e. The lowest BCUT2D eigenvalue weighted by atomic mass is 10.1. The molecule has 22 heavy (non-hydrogen) atoms. The summed E-state index contributed by atoms with van der Waals surface area (Å²) in [7, 11) is 0. The van der Waals surface area contributed by atoms with Crippen LogP contribution in [0.3, 0.4) is 0 Å². The lowest BCUT2D eigenvalue weighted by molar-refractivity contribution is -0.140. The smallest absolute Gasteiger partial charge is 0.340 e. The molecule has 0 aliphatic carbocycles. The van der Waals surface area contributed by atoms with E-state index in [1.807, 2.05) is 0 Å². The standard InChI is InChI=1S/C16H21NO5/c1-6-8-12(18)22-11(5)15(19)14-9(3)13(10(4)17-14)16(20)21-7-2/h6,8,11,17H,7H2,1-5H3/b8-6+. The van der Waals surface area contributed by atoms with E-state index in [1.54, 1.807) is 27.7 Å². The van der Waals surface area contributed by atoms with Crippen LogP contribution in [0.5, 0.6) is 0 Å². The molecular weight excluding hydrogens is 286 g/mol. The van der Waals surface area contributed by atoms with Gasteiger partial charge in [0.15, 0.2) is 6.10 Å². The largest absolute Gasteiger partial charge is 0.462 e. The Kier molecular flexibility index (Phi) is 6.10. The summed E-state index contributed by atoms with van der Waals surface area (Å²) < 4.78 is 9.98. The first-order valence-electron chi connectivity index (χ1n) is 7.07. The summed E-state index contributed by atoms with van der Waals surface area (Å²) in [6.45, 7) is 8.48. The van der Waals surface area contributed by atoms with Crippen LogP contribution in [0.15, 0.2) is 12.2 Å². The van der Waals surface area contributed by atoms with E-state index in [2.05, 4.69) is 4.98 Å². The van der Waals surface area contributed by atoms with Crippen molar-refractivity contribution in [2.24, 2.45) is 0 Å². The number of carbonyl (C=O) groups is 3. The minimum absolute atomic E-state index is 0.251. The van der Waals surface area contributed by atoms with E-state index < -0.39 is 23.8 Å². The van der Waals surface area contributed by atoms with Crippen LogP contribution in [-0.4, -0.2) is 35.4 Å². The predicted molar refractivity (Wildman–Crippen MR) is 80.9 cm³/mol. The molecule has 0 fully saturated rings. The van der Waals surface area contributed by atoms with Gasteiger partial charge >= 0.3 is 11.9 Å². The summed E-state index contributed by atoms with van der Waals surface area (Å²) in [5, 5.41) is 0. The molecule has 1 unspecified atom stereocenters. The van der Waals surface area contributed by atoms with Crippen LogP contribution in [0.2, 0.25) is 0 Å². The van der Waals surface area contributed by atoms with E-state index in [0.717, 1.165) is 0 Å². The van der Waals surface area contributed by atoms with E-state index >= 15 is 0 Å². The van der Waals surface area contributed by atoms with E-state index in [4.69, 9.17) is 9.47 Å². The third-order valence-corrected chi connectivity index (χ3v) is 3.13. The highest BCUT2D eigenvalue weighted by Gasteiger charge is 2.27. The number of ether oxygens (including phenoxy) is 2. The number of hydrogen-bond donors (Lipinski definition) is 1. The Labute approximate surface area is 129 Å². The van der Waals surface area contributed by atoms with Gasteiger partial charge in [-0.15, -0.1) is 0 Å². The molecule has 1 aromatic heterocycles. The van der Waals surface area contributed by atoms with Gasteiger partial charge in [-0.2, -0.15) is 0 Å². The third-order valence-electron chi connectivity index (χ3n) is 3.13. The molecule has 0 amide bonds. The predicted octanol–water partition coefficient (Wildman–Crippen LogP) is 2.50. The Morgan fingerprint density at radius 3 is 2.45 bits per heavy atom. The van der Waals surface area contributed by atoms with Gasteiger partial charge in [0.25, 0.3) is 0 Å². The van der Waals surface area contributed by atoms with Crippen molar-refractivity contribution in [3.05, 3.63) is 34.7 Å². The van der Waals surface area contributed by atoms with E-state index in [9.17, 15) is 14.4 Å². The average Bonchev–Trinajstić information content (AvgIpc) is 2.73. The minimum atomic E-state index is -0.949. The normalized spacial score (nSPS) is 12.2. The van der Waals surface area contributed by atoms with Crippen LogP contribution in [0.4, 0.5) is 0 Å². The molecule has 0 bridgehead atoms. The van der Waals surface area contributed by atoms with Crippen molar-refractivity contribution in [3.8, 4) is 0 Å². The lowest BCUT2D eigenvalue weighted by Gasteiger charge is -2.10. The van der Waals surface area contributed by atoms with E-state index in [0.29, 0.717) is 16.8 Å². The highest BCUT2D eigenvalue weighted by Crippen LogP contribution is 2.21. The van der Waals surface area contributed by atoms with Gasteiger partial charge in [-0.3, -0.25) is 4.79 Å². The topological polar surface area (TPSA) is 85.5 Å². The second-order valence-electron chi connectivity index (χ2n) is 4.79. The number of H-pyrrole nitrogens is 1. The van der Waals surface area contributed by atoms with E-state index in [1.165, 1.54) is 19.1 Å². The Balaban J connectivity index is 3.02. The maximum Gasteiger partial charge on any atom is 0.340 e. The zero-order valence-electron chi connectivity index (χ0n) is 13.5. The SMILES string of the molecule is C/C=C/C(=O)OC(C)C(=O)c1[nH]c(C)c(C(=O)OCC)c1C. The van der Waals surface area contributed by atoms with Crippen LogP contribution in [-0.2, 0) is 14.3 Å². The summed E-state index contributed by atoms with van der Waals surface area (Å²) in [6.07, 6.45) is 1.82. The highest BCUT2D eigenvalue weighted by atomic mass is 16.5. The second-order valence-corrected chi connectivity index (χ2v) is 4.79. The number of esters is 2. The van der Waals surface area contributed by atoms with Crippen molar-refractivity contribution in [1.82, 2.24) is 4.98 Å². The number of aromatic amines is 1. The summed E-state index contributed by atoms with van der Waals surface area (Å²) in [5.74, 6) is -1.46. The first-order chi connectivity index (χ1) is 10.3. The zero-order valence-corrected chi connectivity index (χ0v) is 13.5. The third kappa shape index (κ3) is 3.84. The number of aryl methyl sites for hydroxylation is 1. The van der Waals surface area contributed by atoms with Crippen molar-refractivity contribution in [3.63, 3.8) is 0 Å². The monoisotopic (exact) mass is 307 g/mol. The van der Waals surface area contributed by atoms with Crippen LogP contribution in [0.25, 0.3) is 0 Å². The summed E-state index contributed by atoms with van der Waals surface area (Å²) in [5.41, 5.74) is 1.64. The molecular formula is C16H21NO5. The molecule has 0 radical (unpaired) electrons. The van der Waals surface area contributed by atoms with Crippen LogP contribution in [0.1, 0.15) is 52.9 Å². The van der Waals surface area contributed by atoms with Gasteiger partial charge in [-0.05, 0) is 40.2 Å². The van der Waals surface area contributed by atoms with Gasteiger partial charge in [-0.1, -0.05) is 6.08 Å². The quantitative estimate of drug-likeness (QED) is 0.496. The molecule has 1 rings (SSSR count). The number of Topliss-reactive ketones (excluding diaryl/α,β-unsaturated/α-hetero) is 1. The molecule has 0 aliphatic rings. The molecule has 0 aromatic carbocycles. The molecule has 0 saturated carbocycles. The van der Waals surface area contributed by atoms with Crippen molar-refractivity contribution in [2.75, 3.05) is 6.61 Å². The fourth-order valence-electron chi connectivity index (χ4n) is 2.11. The fraction of sp³-hybridized carbons (Fsp3) is 0.438. The first kappa shape index (κ1) is 17.7. The van der Waals surface area contributed by atoms with Gasteiger partial charge in [0.05, 0.1) is 17.9 Å². The zero-order chi connectivity index (χ0) is 16.9. The second kappa shape index (κ2) is 7.59. The molecule has 1 aromatic rings. The summed E-state index contributed by atoms with van der Waals surface area (Å²) >= 11 is 0. The van der Waals surface area contributed by atoms with Crippen LogP contribution in [0, 0.1) is 13.8 Å². The Morgan fingerprint density at radius 2 is 1.91 bits per heavy atom. The Morgan fingerprint density at radius 1 is 1.27 bits per heavy atom. The lowest BCUT2D eigenvalue weighted by Crippen LogP contribution is -2.24. The number of ketones is 1. The molecule has 0 aliphatic heterocycles. The fourth-order valence-corrected chi connectivity index (χ4v) is 2.11. The average molecular weight is 307 g/mol. The number of nitrogens with one attached hydrogen (secondary N) is 1. The molecule has 1 atom stereocenters. The molecule has 1 heterocycles.